The summed E-state index contributed by atoms with van der Waals surface area (Å²) in [5.41, 5.74) is 0.618. The average Bonchev–Trinajstić information content (AvgIpc) is 3.14. The standard InChI is InChI=1S/C18H21ClN4O5S/c1-13-11-16(28-20-13)18(25)23-9-7-22(8-10-23)17(24)12-21(2)29(26,27)15-5-3-14(19)4-6-15/h3-6,11H,7-10,12H2,1-2H3. The number of carbonyl (C=O) groups is 2. The molecule has 2 amide bonds. The fraction of sp³-hybridized carbons (Fsp3) is 0.389. The van der Waals surface area contributed by atoms with E-state index in [-0.39, 0.29) is 29.0 Å². The lowest BCUT2D eigenvalue weighted by Crippen LogP contribution is -2.52. The van der Waals surface area contributed by atoms with E-state index in [1.165, 1.54) is 31.3 Å². The van der Waals surface area contributed by atoms with Gasteiger partial charge in [-0.05, 0) is 31.2 Å². The van der Waals surface area contributed by atoms with Crippen molar-refractivity contribution in [1.82, 2.24) is 19.3 Å². The average molecular weight is 441 g/mol. The molecule has 1 aliphatic heterocycles. The molecule has 0 aliphatic carbocycles. The number of hydrogen-bond donors (Lipinski definition) is 0. The van der Waals surface area contributed by atoms with Gasteiger partial charge in [0.05, 0.1) is 17.1 Å². The summed E-state index contributed by atoms with van der Waals surface area (Å²) >= 11 is 5.79. The number of aryl methyl sites for hydroxylation is 1. The van der Waals surface area contributed by atoms with E-state index in [1.807, 2.05) is 0 Å². The third kappa shape index (κ3) is 4.77. The van der Waals surface area contributed by atoms with Gasteiger partial charge in [-0.3, -0.25) is 9.59 Å². The third-order valence-corrected chi connectivity index (χ3v) is 6.71. The predicted molar refractivity (Wildman–Crippen MR) is 105 cm³/mol. The van der Waals surface area contributed by atoms with Gasteiger partial charge in [-0.1, -0.05) is 16.8 Å². The zero-order valence-electron chi connectivity index (χ0n) is 16.0. The van der Waals surface area contributed by atoms with E-state index in [2.05, 4.69) is 5.16 Å². The number of piperazine rings is 1. The Kier molecular flexibility index (Phi) is 6.25. The van der Waals surface area contributed by atoms with Crippen LogP contribution in [-0.4, -0.2) is 79.3 Å². The molecule has 1 saturated heterocycles. The Bertz CT molecular complexity index is 998. The van der Waals surface area contributed by atoms with Crippen LogP contribution in [0.2, 0.25) is 5.02 Å². The first-order valence-electron chi connectivity index (χ1n) is 8.91. The number of hydrogen-bond acceptors (Lipinski definition) is 6. The van der Waals surface area contributed by atoms with Crippen molar-refractivity contribution in [3.8, 4) is 0 Å². The number of rotatable bonds is 5. The molecule has 2 aromatic rings. The Morgan fingerprint density at radius 3 is 2.28 bits per heavy atom. The molecule has 1 fully saturated rings. The Balaban J connectivity index is 1.56. The van der Waals surface area contributed by atoms with Gasteiger partial charge in [0.15, 0.2) is 0 Å². The van der Waals surface area contributed by atoms with Gasteiger partial charge >= 0.3 is 0 Å². The van der Waals surface area contributed by atoms with Crippen molar-refractivity contribution in [3.05, 3.63) is 46.8 Å². The lowest BCUT2D eigenvalue weighted by molar-refractivity contribution is -0.132. The molecule has 0 bridgehead atoms. The predicted octanol–water partition coefficient (Wildman–Crippen LogP) is 1.24. The van der Waals surface area contributed by atoms with Gasteiger partial charge in [-0.25, -0.2) is 8.42 Å². The molecule has 156 valence electrons. The molecular formula is C18H21ClN4O5S. The summed E-state index contributed by atoms with van der Waals surface area (Å²) in [4.78, 5) is 28.1. The topological polar surface area (TPSA) is 104 Å². The number of aromatic nitrogens is 1. The summed E-state index contributed by atoms with van der Waals surface area (Å²) in [5, 5.41) is 4.13. The zero-order valence-corrected chi connectivity index (χ0v) is 17.6. The first-order valence-corrected chi connectivity index (χ1v) is 10.7. The van der Waals surface area contributed by atoms with Crippen LogP contribution in [-0.2, 0) is 14.8 Å². The minimum atomic E-state index is -3.80. The van der Waals surface area contributed by atoms with Crippen LogP contribution < -0.4 is 0 Å². The Labute approximate surface area is 173 Å². The second-order valence-electron chi connectivity index (χ2n) is 6.72. The molecule has 0 unspecified atom stereocenters. The number of sulfonamides is 1. The highest BCUT2D eigenvalue weighted by atomic mass is 35.5. The molecule has 29 heavy (non-hydrogen) atoms. The van der Waals surface area contributed by atoms with E-state index in [1.54, 1.807) is 22.8 Å². The van der Waals surface area contributed by atoms with Crippen molar-refractivity contribution in [2.45, 2.75) is 11.8 Å². The van der Waals surface area contributed by atoms with E-state index in [4.69, 9.17) is 16.1 Å². The maximum atomic E-state index is 12.6. The third-order valence-electron chi connectivity index (χ3n) is 4.64. The largest absolute Gasteiger partial charge is 0.351 e. The fourth-order valence-electron chi connectivity index (χ4n) is 2.94. The summed E-state index contributed by atoms with van der Waals surface area (Å²) in [6.07, 6.45) is 0. The van der Waals surface area contributed by atoms with E-state index in [0.717, 1.165) is 4.31 Å². The zero-order chi connectivity index (χ0) is 21.2. The van der Waals surface area contributed by atoms with E-state index in [0.29, 0.717) is 36.9 Å². The minimum Gasteiger partial charge on any atom is -0.351 e. The SMILES string of the molecule is Cc1cc(C(=O)N2CCN(C(=O)CN(C)S(=O)(=O)c3ccc(Cl)cc3)CC2)on1. The van der Waals surface area contributed by atoms with Crippen LogP contribution in [0.4, 0.5) is 0 Å². The molecule has 0 saturated carbocycles. The number of amides is 2. The molecule has 1 aliphatic rings. The number of carbonyl (C=O) groups excluding carboxylic acids is 2. The maximum absolute atomic E-state index is 12.6. The van der Waals surface area contributed by atoms with Gasteiger partial charge in [0.2, 0.25) is 21.7 Å². The van der Waals surface area contributed by atoms with Crippen molar-refractivity contribution in [2.24, 2.45) is 0 Å². The molecule has 1 aromatic carbocycles. The molecule has 1 aromatic heterocycles. The van der Waals surface area contributed by atoms with E-state index in [9.17, 15) is 18.0 Å². The molecule has 3 rings (SSSR count). The quantitative estimate of drug-likeness (QED) is 0.692. The molecule has 2 heterocycles. The van der Waals surface area contributed by atoms with Crippen molar-refractivity contribution in [1.29, 1.82) is 0 Å². The van der Waals surface area contributed by atoms with Crippen LogP contribution in [0.5, 0.6) is 0 Å². The fourth-order valence-corrected chi connectivity index (χ4v) is 4.19. The number of halogens is 1. The maximum Gasteiger partial charge on any atom is 0.292 e. The van der Waals surface area contributed by atoms with Gasteiger partial charge in [0.1, 0.15) is 0 Å². The molecular weight excluding hydrogens is 420 g/mol. The molecule has 9 nitrogen and oxygen atoms in total. The summed E-state index contributed by atoms with van der Waals surface area (Å²) in [7, 11) is -2.45. The molecule has 0 atom stereocenters. The Morgan fingerprint density at radius 2 is 1.72 bits per heavy atom. The second kappa shape index (κ2) is 8.52. The lowest BCUT2D eigenvalue weighted by atomic mass is 10.2. The highest BCUT2D eigenvalue weighted by molar-refractivity contribution is 7.89. The summed E-state index contributed by atoms with van der Waals surface area (Å²) in [6.45, 7) is 2.72. The summed E-state index contributed by atoms with van der Waals surface area (Å²) < 4.78 is 31.2. The highest BCUT2D eigenvalue weighted by Gasteiger charge is 2.29. The van der Waals surface area contributed by atoms with Crippen molar-refractivity contribution >= 4 is 33.4 Å². The number of likely N-dealkylation sites (N-methyl/N-ethyl adjacent to an activating group) is 1. The van der Waals surface area contributed by atoms with Gasteiger partial charge in [0.25, 0.3) is 5.91 Å². The first-order chi connectivity index (χ1) is 13.7. The smallest absolute Gasteiger partial charge is 0.292 e. The van der Waals surface area contributed by atoms with Crippen LogP contribution in [0.1, 0.15) is 16.2 Å². The Morgan fingerprint density at radius 1 is 1.14 bits per heavy atom. The number of nitrogens with zero attached hydrogens (tertiary/aromatic N) is 4. The van der Waals surface area contributed by atoms with E-state index >= 15 is 0 Å². The molecule has 0 spiro atoms. The van der Waals surface area contributed by atoms with Crippen LogP contribution >= 0.6 is 11.6 Å². The van der Waals surface area contributed by atoms with Crippen molar-refractivity contribution < 1.29 is 22.5 Å². The molecule has 11 heteroatoms. The highest BCUT2D eigenvalue weighted by Crippen LogP contribution is 2.18. The lowest BCUT2D eigenvalue weighted by Gasteiger charge is -2.34. The summed E-state index contributed by atoms with van der Waals surface area (Å²) in [5.74, 6) is -0.441. The monoisotopic (exact) mass is 440 g/mol. The van der Waals surface area contributed by atoms with E-state index < -0.39 is 10.0 Å². The second-order valence-corrected chi connectivity index (χ2v) is 9.20. The first kappa shape index (κ1) is 21.3. The van der Waals surface area contributed by atoms with Crippen molar-refractivity contribution in [3.63, 3.8) is 0 Å². The van der Waals surface area contributed by atoms with Gasteiger partial charge in [0, 0.05) is 44.3 Å². The van der Waals surface area contributed by atoms with Gasteiger partial charge in [-0.15, -0.1) is 0 Å². The minimum absolute atomic E-state index is 0.0648. The number of benzene rings is 1. The van der Waals surface area contributed by atoms with Crippen LogP contribution in [0.15, 0.2) is 39.8 Å². The van der Waals surface area contributed by atoms with Gasteiger partial charge in [-0.2, -0.15) is 4.31 Å². The van der Waals surface area contributed by atoms with Gasteiger partial charge < -0.3 is 14.3 Å². The molecule has 0 N–H and O–H groups in total. The van der Waals surface area contributed by atoms with Crippen LogP contribution in [0.25, 0.3) is 0 Å². The van der Waals surface area contributed by atoms with Crippen molar-refractivity contribution in [2.75, 3.05) is 39.8 Å². The molecule has 0 radical (unpaired) electrons. The summed E-state index contributed by atoms with van der Waals surface area (Å²) in [6, 6.07) is 7.33. The van der Waals surface area contributed by atoms with Crippen LogP contribution in [0.3, 0.4) is 0 Å². The van der Waals surface area contributed by atoms with Crippen LogP contribution in [0, 0.1) is 6.92 Å². The Hall–Kier alpha value is -2.43. The normalized spacial score (nSPS) is 15.0.